The van der Waals surface area contributed by atoms with Crippen LogP contribution in [-0.2, 0) is 16.0 Å². The SMILES string of the molecule is CCCCc1ccc(NC(=O)C2CCN(CC(N)=O)CC2)cc1. The van der Waals surface area contributed by atoms with Crippen LogP contribution in [0, 0.1) is 5.92 Å². The first kappa shape index (κ1) is 17.5. The lowest BCUT2D eigenvalue weighted by Crippen LogP contribution is -2.42. The van der Waals surface area contributed by atoms with Gasteiger partial charge in [0.1, 0.15) is 0 Å². The first-order valence-electron chi connectivity index (χ1n) is 8.49. The molecule has 1 aromatic rings. The number of nitrogens with one attached hydrogen (secondary N) is 1. The predicted molar refractivity (Wildman–Crippen MR) is 92.0 cm³/mol. The number of unbranched alkanes of at least 4 members (excludes halogenated alkanes) is 1. The fourth-order valence-corrected chi connectivity index (χ4v) is 2.95. The van der Waals surface area contributed by atoms with Gasteiger partial charge in [0, 0.05) is 11.6 Å². The van der Waals surface area contributed by atoms with Crippen LogP contribution < -0.4 is 11.1 Å². The molecule has 0 bridgehead atoms. The largest absolute Gasteiger partial charge is 0.369 e. The summed E-state index contributed by atoms with van der Waals surface area (Å²) in [7, 11) is 0. The van der Waals surface area contributed by atoms with Crippen LogP contribution in [0.5, 0.6) is 0 Å². The van der Waals surface area contributed by atoms with Gasteiger partial charge in [0.2, 0.25) is 11.8 Å². The molecule has 1 saturated heterocycles. The first-order valence-corrected chi connectivity index (χ1v) is 8.49. The number of nitrogens with two attached hydrogens (primary N) is 1. The Bertz CT molecular complexity index is 520. The van der Waals surface area contributed by atoms with E-state index < -0.39 is 0 Å². The van der Waals surface area contributed by atoms with E-state index in [1.54, 1.807) is 0 Å². The van der Waals surface area contributed by atoms with Crippen molar-refractivity contribution in [1.82, 2.24) is 4.90 Å². The molecule has 5 heteroatoms. The summed E-state index contributed by atoms with van der Waals surface area (Å²) in [5.74, 6) is -0.222. The van der Waals surface area contributed by atoms with E-state index >= 15 is 0 Å². The number of anilines is 1. The third-order valence-electron chi connectivity index (χ3n) is 4.38. The van der Waals surface area contributed by atoms with Gasteiger partial charge < -0.3 is 11.1 Å². The molecule has 1 aromatic carbocycles. The van der Waals surface area contributed by atoms with E-state index in [9.17, 15) is 9.59 Å². The minimum atomic E-state index is -0.309. The number of hydrogen-bond acceptors (Lipinski definition) is 3. The van der Waals surface area contributed by atoms with E-state index in [4.69, 9.17) is 5.73 Å². The van der Waals surface area contributed by atoms with Gasteiger partial charge in [0.15, 0.2) is 0 Å². The Morgan fingerprint density at radius 1 is 1.22 bits per heavy atom. The van der Waals surface area contributed by atoms with Gasteiger partial charge >= 0.3 is 0 Å². The number of likely N-dealkylation sites (tertiary alicyclic amines) is 1. The van der Waals surface area contributed by atoms with Crippen molar-refractivity contribution < 1.29 is 9.59 Å². The number of aryl methyl sites for hydroxylation is 1. The van der Waals surface area contributed by atoms with Crippen molar-refractivity contribution in [3.63, 3.8) is 0 Å². The molecule has 0 radical (unpaired) electrons. The number of hydrogen-bond donors (Lipinski definition) is 2. The van der Waals surface area contributed by atoms with Gasteiger partial charge in [-0.25, -0.2) is 0 Å². The number of carbonyl (C=O) groups is 2. The molecule has 0 atom stereocenters. The fourth-order valence-electron chi connectivity index (χ4n) is 2.95. The minimum Gasteiger partial charge on any atom is -0.369 e. The number of amides is 2. The normalized spacial score (nSPS) is 16.2. The summed E-state index contributed by atoms with van der Waals surface area (Å²) in [5, 5.41) is 3.00. The number of primary amides is 1. The molecule has 0 aromatic heterocycles. The van der Waals surface area contributed by atoms with Crippen LogP contribution in [0.15, 0.2) is 24.3 Å². The van der Waals surface area contributed by atoms with E-state index in [0.29, 0.717) is 0 Å². The Kier molecular flexibility index (Phi) is 6.59. The average molecular weight is 317 g/mol. The topological polar surface area (TPSA) is 75.4 Å². The fraction of sp³-hybridized carbons (Fsp3) is 0.556. The number of carbonyl (C=O) groups excluding carboxylic acids is 2. The maximum absolute atomic E-state index is 12.3. The van der Waals surface area contributed by atoms with Gasteiger partial charge in [0.05, 0.1) is 6.54 Å². The van der Waals surface area contributed by atoms with Gasteiger partial charge in [-0.3, -0.25) is 14.5 Å². The molecule has 23 heavy (non-hydrogen) atoms. The average Bonchev–Trinajstić information content (AvgIpc) is 2.54. The van der Waals surface area contributed by atoms with E-state index in [1.807, 2.05) is 17.0 Å². The highest BCUT2D eigenvalue weighted by Gasteiger charge is 2.25. The number of rotatable bonds is 7. The summed E-state index contributed by atoms with van der Waals surface area (Å²) in [6, 6.07) is 8.12. The molecule has 0 saturated carbocycles. The Morgan fingerprint density at radius 3 is 2.43 bits per heavy atom. The molecule has 1 fully saturated rings. The molecule has 2 amide bonds. The summed E-state index contributed by atoms with van der Waals surface area (Å²) < 4.78 is 0. The molecule has 126 valence electrons. The summed E-state index contributed by atoms with van der Waals surface area (Å²) >= 11 is 0. The zero-order valence-corrected chi connectivity index (χ0v) is 13.9. The second-order valence-electron chi connectivity index (χ2n) is 6.31. The lowest BCUT2D eigenvalue weighted by molar-refractivity contribution is -0.122. The van der Waals surface area contributed by atoms with Crippen LogP contribution in [0.1, 0.15) is 38.2 Å². The van der Waals surface area contributed by atoms with Gasteiger partial charge in [-0.05, 0) is 56.5 Å². The van der Waals surface area contributed by atoms with Gasteiger partial charge in [-0.15, -0.1) is 0 Å². The molecular formula is C18H27N3O2. The third-order valence-corrected chi connectivity index (χ3v) is 4.38. The molecule has 1 aliphatic rings. The van der Waals surface area contributed by atoms with E-state index in [-0.39, 0.29) is 24.3 Å². The predicted octanol–water partition coefficient (Wildman–Crippen LogP) is 2.17. The van der Waals surface area contributed by atoms with Crippen LogP contribution in [0.2, 0.25) is 0 Å². The van der Waals surface area contributed by atoms with Crippen molar-refractivity contribution in [2.75, 3.05) is 25.0 Å². The van der Waals surface area contributed by atoms with E-state index in [0.717, 1.165) is 38.0 Å². The molecular weight excluding hydrogens is 290 g/mol. The number of benzene rings is 1. The minimum absolute atomic E-state index is 0.0129. The third kappa shape index (κ3) is 5.67. The molecule has 0 spiro atoms. The summed E-state index contributed by atoms with van der Waals surface area (Å²) in [5.41, 5.74) is 7.37. The van der Waals surface area contributed by atoms with Crippen molar-refractivity contribution in [3.8, 4) is 0 Å². The highest BCUT2D eigenvalue weighted by atomic mass is 16.2. The van der Waals surface area contributed by atoms with Crippen LogP contribution in [0.25, 0.3) is 0 Å². The monoisotopic (exact) mass is 317 g/mol. The molecule has 5 nitrogen and oxygen atoms in total. The lowest BCUT2D eigenvalue weighted by Gasteiger charge is -2.30. The zero-order valence-electron chi connectivity index (χ0n) is 13.9. The zero-order chi connectivity index (χ0) is 16.7. The second-order valence-corrected chi connectivity index (χ2v) is 6.31. The molecule has 0 aliphatic carbocycles. The smallest absolute Gasteiger partial charge is 0.231 e. The van der Waals surface area contributed by atoms with Crippen LogP contribution in [-0.4, -0.2) is 36.3 Å². The Balaban J connectivity index is 1.79. The summed E-state index contributed by atoms with van der Waals surface area (Å²) in [6.45, 7) is 3.96. The Labute approximate surface area is 138 Å². The quantitative estimate of drug-likeness (QED) is 0.809. The van der Waals surface area contributed by atoms with Crippen molar-refractivity contribution in [1.29, 1.82) is 0 Å². The molecule has 1 aliphatic heterocycles. The molecule has 3 N–H and O–H groups in total. The van der Waals surface area contributed by atoms with Gasteiger partial charge in [-0.2, -0.15) is 0 Å². The Hall–Kier alpha value is -1.88. The maximum Gasteiger partial charge on any atom is 0.231 e. The van der Waals surface area contributed by atoms with Crippen molar-refractivity contribution in [2.45, 2.75) is 39.0 Å². The van der Waals surface area contributed by atoms with Crippen LogP contribution in [0.4, 0.5) is 5.69 Å². The van der Waals surface area contributed by atoms with Crippen molar-refractivity contribution >= 4 is 17.5 Å². The van der Waals surface area contributed by atoms with Crippen molar-refractivity contribution in [3.05, 3.63) is 29.8 Å². The second kappa shape index (κ2) is 8.67. The van der Waals surface area contributed by atoms with Gasteiger partial charge in [0.25, 0.3) is 0 Å². The molecule has 2 rings (SSSR count). The van der Waals surface area contributed by atoms with E-state index in [1.165, 1.54) is 18.4 Å². The summed E-state index contributed by atoms with van der Waals surface area (Å²) in [4.78, 5) is 25.3. The number of piperidine rings is 1. The van der Waals surface area contributed by atoms with Crippen molar-refractivity contribution in [2.24, 2.45) is 11.7 Å². The van der Waals surface area contributed by atoms with Gasteiger partial charge in [-0.1, -0.05) is 25.5 Å². The van der Waals surface area contributed by atoms with Crippen LogP contribution >= 0.6 is 0 Å². The Morgan fingerprint density at radius 2 is 1.87 bits per heavy atom. The molecule has 0 unspecified atom stereocenters. The standard InChI is InChI=1S/C18H27N3O2/c1-2-3-4-14-5-7-16(8-6-14)20-18(23)15-9-11-21(12-10-15)13-17(19)22/h5-8,15H,2-4,9-13H2,1H3,(H2,19,22)(H,20,23). The van der Waals surface area contributed by atoms with Crippen LogP contribution in [0.3, 0.4) is 0 Å². The van der Waals surface area contributed by atoms with E-state index in [2.05, 4.69) is 24.4 Å². The number of nitrogens with zero attached hydrogens (tertiary/aromatic N) is 1. The highest BCUT2D eigenvalue weighted by Crippen LogP contribution is 2.20. The molecule has 1 heterocycles. The summed E-state index contributed by atoms with van der Waals surface area (Å²) in [6.07, 6.45) is 5.01. The maximum atomic E-state index is 12.3. The highest BCUT2D eigenvalue weighted by molar-refractivity contribution is 5.92. The lowest BCUT2D eigenvalue weighted by atomic mass is 9.95. The first-order chi connectivity index (χ1) is 11.1.